The minimum absolute atomic E-state index is 0.0112. The number of nitrogens with one attached hydrogen (secondary N) is 1. The van der Waals surface area contributed by atoms with Crippen molar-refractivity contribution in [3.63, 3.8) is 0 Å². The molecule has 3 rings (SSSR count). The van der Waals surface area contributed by atoms with E-state index in [-0.39, 0.29) is 11.7 Å². The highest BCUT2D eigenvalue weighted by Gasteiger charge is 2.27. The highest BCUT2D eigenvalue weighted by molar-refractivity contribution is 6.01. The monoisotopic (exact) mass is 301 g/mol. The summed E-state index contributed by atoms with van der Waals surface area (Å²) in [6.45, 7) is 2.53. The van der Waals surface area contributed by atoms with Crippen molar-refractivity contribution in [1.29, 1.82) is 0 Å². The van der Waals surface area contributed by atoms with E-state index >= 15 is 0 Å². The van der Waals surface area contributed by atoms with E-state index in [0.717, 1.165) is 36.7 Å². The van der Waals surface area contributed by atoms with Crippen LogP contribution in [0.1, 0.15) is 55.3 Å². The number of Topliss-reactive ketones (excluding diaryl/α,β-unsaturated/α-hetero) is 1. The first kappa shape index (κ1) is 15.5. The van der Waals surface area contributed by atoms with Gasteiger partial charge >= 0.3 is 0 Å². The van der Waals surface area contributed by atoms with E-state index in [1.54, 1.807) is 0 Å². The van der Waals surface area contributed by atoms with Crippen molar-refractivity contribution in [2.45, 2.75) is 44.9 Å². The number of ketones is 1. The molecule has 3 heteroatoms. The summed E-state index contributed by atoms with van der Waals surface area (Å²) < 4.78 is 5.71. The Balaban J connectivity index is 1.37. The largest absolute Gasteiger partial charge is 0.492 e. The first-order valence-electron chi connectivity index (χ1n) is 8.81. The summed E-state index contributed by atoms with van der Waals surface area (Å²) in [6.07, 6.45) is 9.24. The maximum atomic E-state index is 12.4. The second-order valence-electron chi connectivity index (χ2n) is 6.70. The smallest absolute Gasteiger partial charge is 0.173 e. The minimum atomic E-state index is 0.0112. The zero-order valence-electron chi connectivity index (χ0n) is 13.4. The summed E-state index contributed by atoms with van der Waals surface area (Å²) >= 11 is 0. The molecule has 0 bridgehead atoms. The van der Waals surface area contributed by atoms with Crippen molar-refractivity contribution < 1.29 is 9.53 Å². The summed E-state index contributed by atoms with van der Waals surface area (Å²) in [7, 11) is 0. The number of hydrogen-bond acceptors (Lipinski definition) is 3. The molecular weight excluding hydrogens is 274 g/mol. The van der Waals surface area contributed by atoms with Crippen molar-refractivity contribution in [2.75, 3.05) is 19.7 Å². The van der Waals surface area contributed by atoms with Gasteiger partial charge in [0, 0.05) is 0 Å². The van der Waals surface area contributed by atoms with Crippen LogP contribution in [0.15, 0.2) is 24.3 Å². The molecule has 1 aliphatic carbocycles. The molecular formula is C19H27NO2. The van der Waals surface area contributed by atoms with Gasteiger partial charge in [-0.3, -0.25) is 4.79 Å². The topological polar surface area (TPSA) is 38.3 Å². The molecule has 2 aliphatic rings. The van der Waals surface area contributed by atoms with Crippen LogP contribution >= 0.6 is 0 Å². The molecule has 3 nitrogen and oxygen atoms in total. The van der Waals surface area contributed by atoms with Gasteiger partial charge in [0.05, 0.1) is 18.1 Å². The molecule has 1 unspecified atom stereocenters. The fraction of sp³-hybridized carbons (Fsp3) is 0.632. The average molecular weight is 301 g/mol. The number of rotatable bonds is 6. The Bertz CT molecular complexity index is 494. The van der Waals surface area contributed by atoms with E-state index < -0.39 is 0 Å². The van der Waals surface area contributed by atoms with Crippen molar-refractivity contribution in [1.82, 2.24) is 5.32 Å². The van der Waals surface area contributed by atoms with Gasteiger partial charge in [-0.1, -0.05) is 44.2 Å². The van der Waals surface area contributed by atoms with Crippen LogP contribution in [0.3, 0.4) is 0 Å². The normalized spacial score (nSPS) is 22.2. The van der Waals surface area contributed by atoms with Crippen LogP contribution in [0.4, 0.5) is 0 Å². The van der Waals surface area contributed by atoms with Crippen molar-refractivity contribution >= 4 is 5.78 Å². The predicted molar refractivity (Wildman–Crippen MR) is 88.4 cm³/mol. The second-order valence-corrected chi connectivity index (χ2v) is 6.70. The zero-order valence-corrected chi connectivity index (χ0v) is 13.4. The number of para-hydroxylation sites is 1. The van der Waals surface area contributed by atoms with E-state index in [1.165, 1.54) is 38.5 Å². The molecule has 1 aliphatic heterocycles. The Morgan fingerprint density at radius 1 is 1.05 bits per heavy atom. The quantitative estimate of drug-likeness (QED) is 0.812. The van der Waals surface area contributed by atoms with E-state index in [9.17, 15) is 4.79 Å². The third-order valence-electron chi connectivity index (χ3n) is 5.09. The Morgan fingerprint density at radius 2 is 1.82 bits per heavy atom. The lowest BCUT2D eigenvalue weighted by Gasteiger charge is -2.24. The average Bonchev–Trinajstić information content (AvgIpc) is 2.58. The highest BCUT2D eigenvalue weighted by atomic mass is 16.5. The summed E-state index contributed by atoms with van der Waals surface area (Å²) in [5, 5.41) is 3.52. The van der Waals surface area contributed by atoms with Gasteiger partial charge in [-0.25, -0.2) is 0 Å². The predicted octanol–water partition coefficient (Wildman–Crippen LogP) is 3.83. The van der Waals surface area contributed by atoms with Crippen molar-refractivity contribution in [3.05, 3.63) is 29.8 Å². The fourth-order valence-electron chi connectivity index (χ4n) is 3.68. The first-order valence-corrected chi connectivity index (χ1v) is 8.81. The van der Waals surface area contributed by atoms with E-state index in [0.29, 0.717) is 6.61 Å². The minimum Gasteiger partial charge on any atom is -0.492 e. The molecule has 120 valence electrons. The van der Waals surface area contributed by atoms with Crippen LogP contribution < -0.4 is 10.1 Å². The van der Waals surface area contributed by atoms with Gasteiger partial charge < -0.3 is 10.1 Å². The molecule has 0 amide bonds. The fourth-order valence-corrected chi connectivity index (χ4v) is 3.68. The highest BCUT2D eigenvalue weighted by Crippen LogP contribution is 2.28. The maximum absolute atomic E-state index is 12.4. The third kappa shape index (κ3) is 3.89. The van der Waals surface area contributed by atoms with E-state index in [4.69, 9.17) is 4.74 Å². The van der Waals surface area contributed by atoms with Crippen molar-refractivity contribution in [3.8, 4) is 5.75 Å². The van der Waals surface area contributed by atoms with Crippen LogP contribution in [0.25, 0.3) is 0 Å². The Morgan fingerprint density at radius 3 is 2.68 bits per heavy atom. The third-order valence-corrected chi connectivity index (χ3v) is 5.09. The van der Waals surface area contributed by atoms with Gasteiger partial charge in [-0.15, -0.1) is 0 Å². The number of fused-ring (bicyclic) bond motifs is 1. The van der Waals surface area contributed by atoms with Crippen LogP contribution in [-0.4, -0.2) is 25.5 Å². The lowest BCUT2D eigenvalue weighted by atomic mass is 9.87. The number of carbonyl (C=O) groups is 1. The summed E-state index contributed by atoms with van der Waals surface area (Å²) in [4.78, 5) is 12.4. The van der Waals surface area contributed by atoms with Crippen LogP contribution in [-0.2, 0) is 0 Å². The van der Waals surface area contributed by atoms with Crippen LogP contribution in [0, 0.1) is 11.8 Å². The number of carbonyl (C=O) groups excluding carboxylic acids is 1. The SMILES string of the molecule is O=C1c2ccccc2OCC1CCNCCC1CCCCC1. The lowest BCUT2D eigenvalue weighted by molar-refractivity contribution is 0.0820. The summed E-state index contributed by atoms with van der Waals surface area (Å²) in [5.41, 5.74) is 0.751. The molecule has 0 spiro atoms. The molecule has 0 radical (unpaired) electrons. The maximum Gasteiger partial charge on any atom is 0.173 e. The zero-order chi connectivity index (χ0) is 15.2. The van der Waals surface area contributed by atoms with Crippen LogP contribution in [0.2, 0.25) is 0 Å². The van der Waals surface area contributed by atoms with Gasteiger partial charge in [0.25, 0.3) is 0 Å². The van der Waals surface area contributed by atoms with Crippen molar-refractivity contribution in [2.24, 2.45) is 11.8 Å². The van der Waals surface area contributed by atoms with Gasteiger partial charge in [-0.05, 0) is 44.0 Å². The standard InChI is InChI=1S/C19H27NO2/c21-19-16(14-22-18-9-5-4-8-17(18)19)11-13-20-12-10-15-6-2-1-3-7-15/h4-5,8-9,15-16,20H,1-3,6-7,10-14H2. The van der Waals surface area contributed by atoms with Crippen LogP contribution in [0.5, 0.6) is 5.75 Å². The van der Waals surface area contributed by atoms with Gasteiger partial charge in [0.1, 0.15) is 5.75 Å². The lowest BCUT2D eigenvalue weighted by Crippen LogP contribution is -2.31. The summed E-state index contributed by atoms with van der Waals surface area (Å²) in [6, 6.07) is 7.58. The number of hydrogen-bond donors (Lipinski definition) is 1. The molecule has 0 saturated heterocycles. The Hall–Kier alpha value is -1.35. The molecule has 1 saturated carbocycles. The van der Waals surface area contributed by atoms with Gasteiger partial charge in [0.15, 0.2) is 5.78 Å². The molecule has 0 aromatic heterocycles. The Kier molecular flexibility index (Phi) is 5.49. The number of benzene rings is 1. The molecule has 1 aromatic carbocycles. The summed E-state index contributed by atoms with van der Waals surface area (Å²) in [5.74, 6) is 1.93. The molecule has 1 fully saturated rings. The molecule has 1 atom stereocenters. The van der Waals surface area contributed by atoms with E-state index in [2.05, 4.69) is 5.32 Å². The first-order chi connectivity index (χ1) is 10.8. The van der Waals surface area contributed by atoms with Gasteiger partial charge in [-0.2, -0.15) is 0 Å². The molecule has 1 heterocycles. The molecule has 22 heavy (non-hydrogen) atoms. The Labute approximate surface area is 133 Å². The second kappa shape index (κ2) is 7.77. The van der Waals surface area contributed by atoms with Gasteiger partial charge in [0.2, 0.25) is 0 Å². The van der Waals surface area contributed by atoms with E-state index in [1.807, 2.05) is 24.3 Å². The molecule has 1 N–H and O–H groups in total. The molecule has 1 aromatic rings. The number of ether oxygens (including phenoxy) is 1.